The molecule has 0 radical (unpaired) electrons. The van der Waals surface area contributed by atoms with Crippen LogP contribution in [0.15, 0.2) is 0 Å². The number of rotatable bonds is 4. The Kier molecular flexibility index (Phi) is 4.74. The van der Waals surface area contributed by atoms with Crippen molar-refractivity contribution in [2.24, 2.45) is 11.8 Å². The lowest BCUT2D eigenvalue weighted by atomic mass is 9.88. The number of hydrogen-bond acceptors (Lipinski definition) is 2. The summed E-state index contributed by atoms with van der Waals surface area (Å²) in [5, 5.41) is 8.95. The number of hydrogen-bond donors (Lipinski definition) is 1. The minimum absolute atomic E-state index is 0.355. The number of nitrogens with zero attached hydrogens (tertiary/aromatic N) is 1. The second-order valence-electron chi connectivity index (χ2n) is 4.40. The molecule has 0 spiro atoms. The van der Waals surface area contributed by atoms with E-state index in [9.17, 15) is 0 Å². The van der Waals surface area contributed by atoms with Gasteiger partial charge in [-0.3, -0.25) is 0 Å². The van der Waals surface area contributed by atoms with Gasteiger partial charge in [0.15, 0.2) is 0 Å². The first kappa shape index (κ1) is 11.0. The third kappa shape index (κ3) is 3.65. The van der Waals surface area contributed by atoms with E-state index in [2.05, 4.69) is 18.7 Å². The molecule has 0 saturated carbocycles. The van der Waals surface area contributed by atoms with Crippen LogP contribution in [-0.2, 0) is 0 Å². The highest BCUT2D eigenvalue weighted by Gasteiger charge is 2.19. The van der Waals surface area contributed by atoms with Crippen LogP contribution in [-0.4, -0.2) is 36.2 Å². The van der Waals surface area contributed by atoms with Gasteiger partial charge in [0.05, 0.1) is 0 Å². The van der Waals surface area contributed by atoms with Crippen LogP contribution in [0.1, 0.15) is 33.1 Å². The molecule has 78 valence electrons. The van der Waals surface area contributed by atoms with Gasteiger partial charge in [-0.1, -0.05) is 13.8 Å². The summed E-state index contributed by atoms with van der Waals surface area (Å²) in [7, 11) is 0. The highest BCUT2D eigenvalue weighted by Crippen LogP contribution is 2.23. The highest BCUT2D eigenvalue weighted by atomic mass is 16.3. The SMILES string of the molecule is CCN1CCC(CC(C)CO)CC1. The summed E-state index contributed by atoms with van der Waals surface area (Å²) in [5.74, 6) is 1.36. The molecule has 0 aliphatic carbocycles. The molecule has 1 N–H and O–H groups in total. The monoisotopic (exact) mass is 185 g/mol. The predicted molar refractivity (Wildman–Crippen MR) is 55.7 cm³/mol. The summed E-state index contributed by atoms with van der Waals surface area (Å²) in [5.41, 5.74) is 0. The third-order valence-corrected chi connectivity index (χ3v) is 3.20. The fourth-order valence-electron chi connectivity index (χ4n) is 2.18. The van der Waals surface area contributed by atoms with E-state index in [-0.39, 0.29) is 0 Å². The van der Waals surface area contributed by atoms with E-state index in [1.165, 1.54) is 38.9 Å². The smallest absolute Gasteiger partial charge is 0.0456 e. The Morgan fingerprint density at radius 3 is 2.46 bits per heavy atom. The average molecular weight is 185 g/mol. The van der Waals surface area contributed by atoms with Crippen LogP contribution >= 0.6 is 0 Å². The zero-order valence-corrected chi connectivity index (χ0v) is 9.00. The van der Waals surface area contributed by atoms with E-state index in [0.717, 1.165) is 5.92 Å². The first-order valence-electron chi connectivity index (χ1n) is 5.59. The molecule has 1 fully saturated rings. The molecule has 1 heterocycles. The predicted octanol–water partition coefficient (Wildman–Crippen LogP) is 1.74. The van der Waals surface area contributed by atoms with Crippen LogP contribution in [0.5, 0.6) is 0 Å². The molecule has 2 nitrogen and oxygen atoms in total. The van der Waals surface area contributed by atoms with E-state index in [4.69, 9.17) is 5.11 Å². The van der Waals surface area contributed by atoms with Gasteiger partial charge in [0, 0.05) is 6.61 Å². The van der Waals surface area contributed by atoms with E-state index in [0.29, 0.717) is 12.5 Å². The zero-order chi connectivity index (χ0) is 9.68. The summed E-state index contributed by atoms with van der Waals surface area (Å²) >= 11 is 0. The Hall–Kier alpha value is -0.0800. The Morgan fingerprint density at radius 1 is 1.38 bits per heavy atom. The number of likely N-dealkylation sites (tertiary alicyclic amines) is 1. The van der Waals surface area contributed by atoms with Gasteiger partial charge in [0.1, 0.15) is 0 Å². The van der Waals surface area contributed by atoms with Gasteiger partial charge in [0.2, 0.25) is 0 Å². The lowest BCUT2D eigenvalue weighted by Gasteiger charge is -2.32. The summed E-state index contributed by atoms with van der Waals surface area (Å²) in [6, 6.07) is 0. The summed E-state index contributed by atoms with van der Waals surface area (Å²) in [6.07, 6.45) is 3.88. The molecule has 1 aliphatic heterocycles. The molecular weight excluding hydrogens is 162 g/mol. The van der Waals surface area contributed by atoms with E-state index in [1.807, 2.05) is 0 Å². The van der Waals surface area contributed by atoms with Crippen molar-refractivity contribution in [3.8, 4) is 0 Å². The summed E-state index contributed by atoms with van der Waals surface area (Å²) < 4.78 is 0. The van der Waals surface area contributed by atoms with Crippen molar-refractivity contribution in [2.45, 2.75) is 33.1 Å². The fourth-order valence-corrected chi connectivity index (χ4v) is 2.18. The molecule has 1 aliphatic rings. The van der Waals surface area contributed by atoms with Crippen LogP contribution in [0.25, 0.3) is 0 Å². The second kappa shape index (κ2) is 5.61. The maximum Gasteiger partial charge on any atom is 0.0456 e. The van der Waals surface area contributed by atoms with Gasteiger partial charge in [0.25, 0.3) is 0 Å². The van der Waals surface area contributed by atoms with Crippen molar-refractivity contribution in [2.75, 3.05) is 26.2 Å². The molecule has 2 heteroatoms. The van der Waals surface area contributed by atoms with Crippen LogP contribution in [0.2, 0.25) is 0 Å². The van der Waals surface area contributed by atoms with Gasteiger partial charge in [-0.15, -0.1) is 0 Å². The highest BCUT2D eigenvalue weighted by molar-refractivity contribution is 4.72. The number of aliphatic hydroxyl groups excluding tert-OH is 1. The molecule has 13 heavy (non-hydrogen) atoms. The van der Waals surface area contributed by atoms with Crippen molar-refractivity contribution in [3.63, 3.8) is 0 Å². The topological polar surface area (TPSA) is 23.5 Å². The van der Waals surface area contributed by atoms with Crippen molar-refractivity contribution >= 4 is 0 Å². The lowest BCUT2D eigenvalue weighted by Crippen LogP contribution is -2.34. The van der Waals surface area contributed by atoms with Crippen molar-refractivity contribution in [1.29, 1.82) is 0 Å². The molecule has 0 aromatic carbocycles. The van der Waals surface area contributed by atoms with Gasteiger partial charge in [-0.2, -0.15) is 0 Å². The van der Waals surface area contributed by atoms with Crippen LogP contribution < -0.4 is 0 Å². The standard InChI is InChI=1S/C11H23NO/c1-3-12-6-4-11(5-7-12)8-10(2)9-13/h10-11,13H,3-9H2,1-2H3. The van der Waals surface area contributed by atoms with E-state index in [1.54, 1.807) is 0 Å². The Labute approximate surface area is 81.9 Å². The molecule has 0 amide bonds. The largest absolute Gasteiger partial charge is 0.396 e. The third-order valence-electron chi connectivity index (χ3n) is 3.20. The van der Waals surface area contributed by atoms with Gasteiger partial charge in [-0.25, -0.2) is 0 Å². The molecule has 0 aromatic heterocycles. The number of piperidine rings is 1. The Morgan fingerprint density at radius 2 is 2.00 bits per heavy atom. The van der Waals surface area contributed by atoms with Crippen LogP contribution in [0.3, 0.4) is 0 Å². The lowest BCUT2D eigenvalue weighted by molar-refractivity contribution is 0.153. The quantitative estimate of drug-likeness (QED) is 0.721. The maximum atomic E-state index is 8.95. The van der Waals surface area contributed by atoms with Gasteiger partial charge < -0.3 is 10.0 Å². The second-order valence-corrected chi connectivity index (χ2v) is 4.40. The normalized spacial score (nSPS) is 23.3. The zero-order valence-electron chi connectivity index (χ0n) is 9.00. The maximum absolute atomic E-state index is 8.95. The van der Waals surface area contributed by atoms with E-state index < -0.39 is 0 Å². The van der Waals surface area contributed by atoms with Gasteiger partial charge >= 0.3 is 0 Å². The van der Waals surface area contributed by atoms with Crippen LogP contribution in [0, 0.1) is 11.8 Å². The van der Waals surface area contributed by atoms with Crippen molar-refractivity contribution < 1.29 is 5.11 Å². The van der Waals surface area contributed by atoms with Crippen LogP contribution in [0.4, 0.5) is 0 Å². The molecule has 1 saturated heterocycles. The minimum atomic E-state index is 0.355. The van der Waals surface area contributed by atoms with Crippen molar-refractivity contribution in [3.05, 3.63) is 0 Å². The van der Waals surface area contributed by atoms with E-state index >= 15 is 0 Å². The van der Waals surface area contributed by atoms with Crippen molar-refractivity contribution in [1.82, 2.24) is 4.90 Å². The number of aliphatic hydroxyl groups is 1. The Balaban J connectivity index is 2.17. The average Bonchev–Trinajstić information content (AvgIpc) is 2.19. The Bertz CT molecular complexity index is 130. The molecule has 1 rings (SSSR count). The summed E-state index contributed by atoms with van der Waals surface area (Å²) in [6.45, 7) is 8.46. The molecule has 0 bridgehead atoms. The van der Waals surface area contributed by atoms with Gasteiger partial charge in [-0.05, 0) is 50.7 Å². The molecule has 1 unspecified atom stereocenters. The summed E-state index contributed by atoms with van der Waals surface area (Å²) in [4.78, 5) is 2.51. The first-order chi connectivity index (χ1) is 6.26. The molecule has 0 aromatic rings. The molecular formula is C11H23NO. The fraction of sp³-hybridized carbons (Fsp3) is 1.00. The minimum Gasteiger partial charge on any atom is -0.396 e. The molecule has 1 atom stereocenters. The first-order valence-corrected chi connectivity index (χ1v) is 5.59.